The van der Waals surface area contributed by atoms with Gasteiger partial charge in [0, 0.05) is 5.75 Å². The number of nitrogens with zero attached hydrogens (tertiary/aromatic N) is 1. The highest BCUT2D eigenvalue weighted by Crippen LogP contribution is 1.74. The smallest absolute Gasteiger partial charge is 0.0943 e. The Morgan fingerprint density at radius 1 is 1.18 bits per heavy atom. The van der Waals surface area contributed by atoms with Crippen molar-refractivity contribution in [2.24, 2.45) is 0 Å². The van der Waals surface area contributed by atoms with Crippen molar-refractivity contribution in [3.05, 3.63) is 0 Å². The van der Waals surface area contributed by atoms with Gasteiger partial charge in [0.25, 0.3) is 0 Å². The van der Waals surface area contributed by atoms with Crippen molar-refractivity contribution in [1.29, 1.82) is 0 Å². The molecule has 11 heavy (non-hydrogen) atoms. The second-order valence-electron chi connectivity index (χ2n) is 3.53. The predicted octanol–water partition coefficient (Wildman–Crippen LogP) is -0.126. The molecular formula is C6H17NO3S. The van der Waals surface area contributed by atoms with Crippen molar-refractivity contribution in [2.45, 2.75) is 6.92 Å². The minimum atomic E-state index is -3.91. The van der Waals surface area contributed by atoms with Crippen LogP contribution in [0.25, 0.3) is 0 Å². The van der Waals surface area contributed by atoms with E-state index in [9.17, 15) is 13.0 Å². The van der Waals surface area contributed by atoms with E-state index in [0.717, 1.165) is 4.48 Å². The third-order valence-electron chi connectivity index (χ3n) is 0.354. The molecule has 0 saturated heterocycles. The number of quaternary nitrogens is 1. The van der Waals surface area contributed by atoms with Crippen LogP contribution in [0.3, 0.4) is 0 Å². The molecule has 5 heteroatoms. The summed E-state index contributed by atoms with van der Waals surface area (Å²) in [6.07, 6.45) is 0. The molecule has 0 amide bonds. The molecule has 0 unspecified atom stereocenters. The summed E-state index contributed by atoms with van der Waals surface area (Å²) in [7, 11) is 4.59. The minimum Gasteiger partial charge on any atom is -0.748 e. The average Bonchev–Trinajstić information content (AvgIpc) is 1.59. The molecule has 0 aromatic rings. The standard InChI is InChI=1S/C4H12N.C2H6O3S/c1-5(2,3)4;1-2-6(3,4)5/h1-4H3;2H2,1H3,(H,3,4,5)/q+1;/p-1. The van der Waals surface area contributed by atoms with Gasteiger partial charge in [-0.05, 0) is 0 Å². The molecule has 0 aliphatic carbocycles. The zero-order valence-electron chi connectivity index (χ0n) is 7.79. The molecule has 0 aliphatic heterocycles. The Hall–Kier alpha value is -0.130. The minimum absolute atomic E-state index is 0.312. The molecule has 0 heterocycles. The van der Waals surface area contributed by atoms with Crippen LogP contribution >= 0.6 is 0 Å². The maximum atomic E-state index is 9.44. The molecule has 4 nitrogen and oxygen atoms in total. The van der Waals surface area contributed by atoms with Crippen LogP contribution in [0.15, 0.2) is 0 Å². The van der Waals surface area contributed by atoms with Gasteiger partial charge in [0.05, 0.1) is 38.3 Å². The first-order chi connectivity index (χ1) is 4.56. The maximum absolute atomic E-state index is 9.44. The van der Waals surface area contributed by atoms with Gasteiger partial charge < -0.3 is 9.04 Å². The van der Waals surface area contributed by atoms with E-state index >= 15 is 0 Å². The zero-order valence-corrected chi connectivity index (χ0v) is 8.60. The molecule has 0 aromatic heterocycles. The second-order valence-corrected chi connectivity index (χ2v) is 5.22. The molecule has 0 radical (unpaired) electrons. The molecule has 0 bridgehead atoms. The van der Waals surface area contributed by atoms with Crippen LogP contribution < -0.4 is 0 Å². The molecule has 0 N–H and O–H groups in total. The quantitative estimate of drug-likeness (QED) is 0.420. The first-order valence-corrected chi connectivity index (χ1v) is 4.86. The number of hydrogen-bond donors (Lipinski definition) is 0. The van der Waals surface area contributed by atoms with Gasteiger partial charge in [0.2, 0.25) is 0 Å². The van der Waals surface area contributed by atoms with Crippen molar-refractivity contribution in [2.75, 3.05) is 33.9 Å². The van der Waals surface area contributed by atoms with Gasteiger partial charge in [-0.15, -0.1) is 0 Å². The van der Waals surface area contributed by atoms with Crippen LogP contribution in [0.4, 0.5) is 0 Å². The Labute approximate surface area is 69.2 Å². The number of rotatable bonds is 1. The Morgan fingerprint density at radius 2 is 1.27 bits per heavy atom. The Kier molecular flexibility index (Phi) is 5.74. The summed E-state index contributed by atoms with van der Waals surface area (Å²) in [6, 6.07) is 0. The normalized spacial score (nSPS) is 11.8. The molecule has 0 aromatic carbocycles. The maximum Gasteiger partial charge on any atom is 0.0943 e. The average molecular weight is 183 g/mol. The van der Waals surface area contributed by atoms with Crippen LogP contribution in [-0.4, -0.2) is 51.4 Å². The topological polar surface area (TPSA) is 57.2 Å². The highest BCUT2D eigenvalue weighted by atomic mass is 32.2. The van der Waals surface area contributed by atoms with Gasteiger partial charge in [-0.2, -0.15) is 0 Å². The summed E-state index contributed by atoms with van der Waals surface area (Å²) in [5.74, 6) is -0.312. The summed E-state index contributed by atoms with van der Waals surface area (Å²) in [6.45, 7) is 1.31. The van der Waals surface area contributed by atoms with Gasteiger partial charge in [0.1, 0.15) is 0 Å². The van der Waals surface area contributed by atoms with Gasteiger partial charge in [-0.1, -0.05) is 6.92 Å². The van der Waals surface area contributed by atoms with E-state index in [1.807, 2.05) is 0 Å². The summed E-state index contributed by atoms with van der Waals surface area (Å²) in [5.41, 5.74) is 0. The summed E-state index contributed by atoms with van der Waals surface area (Å²) in [4.78, 5) is 0. The molecule has 0 fully saturated rings. The lowest BCUT2D eigenvalue weighted by atomic mass is 10.8. The fourth-order valence-electron chi connectivity index (χ4n) is 0. The van der Waals surface area contributed by atoms with Crippen molar-refractivity contribution < 1.29 is 17.5 Å². The first-order valence-electron chi connectivity index (χ1n) is 3.28. The predicted molar refractivity (Wildman–Crippen MR) is 44.2 cm³/mol. The van der Waals surface area contributed by atoms with E-state index in [0.29, 0.717) is 0 Å². The van der Waals surface area contributed by atoms with Crippen molar-refractivity contribution in [3.63, 3.8) is 0 Å². The summed E-state index contributed by atoms with van der Waals surface area (Å²) < 4.78 is 29.3. The highest BCUT2D eigenvalue weighted by molar-refractivity contribution is 7.85. The number of hydrogen-bond acceptors (Lipinski definition) is 3. The van der Waals surface area contributed by atoms with Crippen LogP contribution in [0.2, 0.25) is 0 Å². The van der Waals surface area contributed by atoms with Crippen molar-refractivity contribution in [1.82, 2.24) is 0 Å². The van der Waals surface area contributed by atoms with Crippen LogP contribution in [-0.2, 0) is 10.1 Å². The molecule has 0 spiro atoms. The lowest BCUT2D eigenvalue weighted by molar-refractivity contribution is -0.849. The first kappa shape index (κ1) is 13.5. The van der Waals surface area contributed by atoms with Crippen LogP contribution in [0.1, 0.15) is 6.92 Å². The largest absolute Gasteiger partial charge is 0.748 e. The van der Waals surface area contributed by atoms with E-state index in [1.54, 1.807) is 0 Å². The van der Waals surface area contributed by atoms with Gasteiger partial charge in [0.15, 0.2) is 0 Å². The van der Waals surface area contributed by atoms with E-state index in [4.69, 9.17) is 0 Å². The van der Waals surface area contributed by atoms with E-state index in [-0.39, 0.29) is 5.75 Å². The van der Waals surface area contributed by atoms with Crippen molar-refractivity contribution >= 4 is 10.1 Å². The SMILES string of the molecule is CCS(=O)(=O)[O-].C[N+](C)(C)C. The van der Waals surface area contributed by atoms with Crippen molar-refractivity contribution in [3.8, 4) is 0 Å². The van der Waals surface area contributed by atoms with Crippen LogP contribution in [0, 0.1) is 0 Å². The molecule has 0 saturated carbocycles. The van der Waals surface area contributed by atoms with Gasteiger partial charge in [-0.25, -0.2) is 8.42 Å². The lowest BCUT2D eigenvalue weighted by Crippen LogP contribution is -2.27. The monoisotopic (exact) mass is 183 g/mol. The van der Waals surface area contributed by atoms with E-state index in [2.05, 4.69) is 28.2 Å². The Balaban J connectivity index is 0. The van der Waals surface area contributed by atoms with E-state index < -0.39 is 10.1 Å². The fraction of sp³-hybridized carbons (Fsp3) is 1.00. The lowest BCUT2D eigenvalue weighted by Gasteiger charge is -2.14. The Bertz CT molecular complexity index is 172. The molecule has 0 atom stereocenters. The van der Waals surface area contributed by atoms with Gasteiger partial charge in [-0.3, -0.25) is 0 Å². The Morgan fingerprint density at radius 3 is 1.27 bits per heavy atom. The van der Waals surface area contributed by atoms with Crippen LogP contribution in [0.5, 0.6) is 0 Å². The van der Waals surface area contributed by atoms with Gasteiger partial charge >= 0.3 is 0 Å². The summed E-state index contributed by atoms with van der Waals surface area (Å²) >= 11 is 0. The third-order valence-corrected chi connectivity index (χ3v) is 1.06. The molecule has 0 aliphatic rings. The molecular weight excluding hydrogens is 166 g/mol. The molecule has 0 rings (SSSR count). The fourth-order valence-corrected chi connectivity index (χ4v) is 0. The molecule has 70 valence electrons. The highest BCUT2D eigenvalue weighted by Gasteiger charge is 1.88. The summed E-state index contributed by atoms with van der Waals surface area (Å²) in [5, 5.41) is 0. The van der Waals surface area contributed by atoms with E-state index in [1.165, 1.54) is 6.92 Å². The third kappa shape index (κ3) is 74.2. The second kappa shape index (κ2) is 4.69. The zero-order chi connectivity index (χ0) is 9.71.